The Morgan fingerprint density at radius 2 is 1.76 bits per heavy atom. The van der Waals surface area contributed by atoms with Crippen LogP contribution in [0.15, 0.2) is 59.2 Å². The summed E-state index contributed by atoms with van der Waals surface area (Å²) in [6.45, 7) is 1.90. The summed E-state index contributed by atoms with van der Waals surface area (Å²) in [6, 6.07) is 16.9. The highest BCUT2D eigenvalue weighted by Crippen LogP contribution is 2.17. The van der Waals surface area contributed by atoms with Gasteiger partial charge in [-0.2, -0.15) is 0 Å². The molecular formula is C17H17BrClN2-. The van der Waals surface area contributed by atoms with Crippen molar-refractivity contribution in [2.45, 2.75) is 13.0 Å². The first-order chi connectivity index (χ1) is 9.83. The first kappa shape index (κ1) is 16.1. The number of benzene rings is 2. The summed E-state index contributed by atoms with van der Waals surface area (Å²) in [7, 11) is 0. The van der Waals surface area contributed by atoms with Gasteiger partial charge in [0, 0.05) is 28.1 Å². The molecule has 0 atom stereocenters. The van der Waals surface area contributed by atoms with Crippen molar-refractivity contribution in [3.63, 3.8) is 0 Å². The van der Waals surface area contributed by atoms with E-state index in [0.717, 1.165) is 24.0 Å². The van der Waals surface area contributed by atoms with Crippen LogP contribution in [0.3, 0.4) is 0 Å². The van der Waals surface area contributed by atoms with Crippen molar-refractivity contribution in [3.05, 3.63) is 70.3 Å². The highest BCUT2D eigenvalue weighted by Gasteiger charge is 2.02. The molecule has 0 aliphatic heterocycles. The third kappa shape index (κ3) is 4.10. The van der Waals surface area contributed by atoms with Crippen molar-refractivity contribution >= 4 is 26.8 Å². The van der Waals surface area contributed by atoms with Crippen molar-refractivity contribution < 1.29 is 12.4 Å². The molecule has 3 aromatic rings. The zero-order valence-corrected chi connectivity index (χ0v) is 13.9. The SMILES string of the molecule is Brc1ccc(CNCCc2c[nH]c3ccccc23)cc1.[Cl-]. The van der Waals surface area contributed by atoms with Gasteiger partial charge in [0.1, 0.15) is 0 Å². The Morgan fingerprint density at radius 3 is 2.57 bits per heavy atom. The molecule has 0 saturated carbocycles. The minimum absolute atomic E-state index is 0. The number of para-hydroxylation sites is 1. The molecule has 3 rings (SSSR count). The Bertz CT molecular complexity index is 691. The molecule has 4 heteroatoms. The molecule has 0 unspecified atom stereocenters. The molecule has 1 heterocycles. The summed E-state index contributed by atoms with van der Waals surface area (Å²) in [6.07, 6.45) is 3.16. The molecule has 2 N–H and O–H groups in total. The van der Waals surface area contributed by atoms with E-state index in [-0.39, 0.29) is 12.4 Å². The van der Waals surface area contributed by atoms with Crippen molar-refractivity contribution in [3.8, 4) is 0 Å². The van der Waals surface area contributed by atoms with E-state index in [4.69, 9.17) is 0 Å². The van der Waals surface area contributed by atoms with Gasteiger partial charge in [0.15, 0.2) is 0 Å². The van der Waals surface area contributed by atoms with E-state index in [2.05, 4.69) is 81.0 Å². The number of hydrogen-bond acceptors (Lipinski definition) is 1. The number of H-pyrrole nitrogens is 1. The van der Waals surface area contributed by atoms with Gasteiger partial charge in [0.05, 0.1) is 0 Å². The molecule has 2 nitrogen and oxygen atoms in total. The molecule has 0 aliphatic carbocycles. The van der Waals surface area contributed by atoms with E-state index in [0.29, 0.717) is 0 Å². The Labute approximate surface area is 139 Å². The van der Waals surface area contributed by atoms with Gasteiger partial charge in [-0.05, 0) is 42.3 Å². The zero-order valence-electron chi connectivity index (χ0n) is 11.6. The van der Waals surface area contributed by atoms with Crippen LogP contribution in [0.5, 0.6) is 0 Å². The first-order valence-corrected chi connectivity index (χ1v) is 7.62. The maximum Gasteiger partial charge on any atom is 0.0456 e. The average molecular weight is 365 g/mol. The number of aromatic amines is 1. The van der Waals surface area contributed by atoms with Gasteiger partial charge in [0.2, 0.25) is 0 Å². The molecule has 0 bridgehead atoms. The molecule has 0 saturated heterocycles. The second-order valence-electron chi connectivity index (χ2n) is 4.91. The highest BCUT2D eigenvalue weighted by molar-refractivity contribution is 9.10. The summed E-state index contributed by atoms with van der Waals surface area (Å²) in [4.78, 5) is 3.32. The molecule has 0 fully saturated rings. The first-order valence-electron chi connectivity index (χ1n) is 6.83. The lowest BCUT2D eigenvalue weighted by Crippen LogP contribution is -3.00. The predicted octanol–water partition coefficient (Wildman–Crippen LogP) is 1.27. The van der Waals surface area contributed by atoms with Crippen LogP contribution >= 0.6 is 15.9 Å². The smallest absolute Gasteiger partial charge is 0.0456 e. The van der Waals surface area contributed by atoms with Crippen molar-refractivity contribution in [1.82, 2.24) is 10.3 Å². The third-order valence-electron chi connectivity index (χ3n) is 3.49. The summed E-state index contributed by atoms with van der Waals surface area (Å²) in [5.41, 5.74) is 3.91. The molecule has 0 spiro atoms. The predicted molar refractivity (Wildman–Crippen MR) is 87.9 cm³/mol. The molecule has 2 aromatic carbocycles. The summed E-state index contributed by atoms with van der Waals surface area (Å²) < 4.78 is 1.13. The van der Waals surface area contributed by atoms with Crippen LogP contribution < -0.4 is 17.7 Å². The van der Waals surface area contributed by atoms with E-state index >= 15 is 0 Å². The maximum atomic E-state index is 3.49. The molecule has 110 valence electrons. The van der Waals surface area contributed by atoms with E-state index in [1.54, 1.807) is 0 Å². The molecule has 0 radical (unpaired) electrons. The molecule has 1 aromatic heterocycles. The number of hydrogen-bond donors (Lipinski definition) is 2. The molecule has 0 aliphatic rings. The summed E-state index contributed by atoms with van der Waals surface area (Å²) >= 11 is 3.45. The van der Waals surface area contributed by atoms with Crippen molar-refractivity contribution in [1.29, 1.82) is 0 Å². The van der Waals surface area contributed by atoms with Gasteiger partial charge in [-0.1, -0.05) is 46.3 Å². The normalized spacial score (nSPS) is 10.5. The van der Waals surface area contributed by atoms with Crippen LogP contribution in [0, 0.1) is 0 Å². The van der Waals surface area contributed by atoms with Crippen LogP contribution in [0.1, 0.15) is 11.1 Å². The van der Waals surface area contributed by atoms with Gasteiger partial charge in [0.25, 0.3) is 0 Å². The lowest BCUT2D eigenvalue weighted by molar-refractivity contribution is -0.00000392. The second-order valence-corrected chi connectivity index (χ2v) is 5.83. The van der Waals surface area contributed by atoms with Gasteiger partial charge in [-0.15, -0.1) is 0 Å². The van der Waals surface area contributed by atoms with Gasteiger partial charge >= 0.3 is 0 Å². The van der Waals surface area contributed by atoms with E-state index in [1.165, 1.54) is 22.0 Å². The van der Waals surface area contributed by atoms with Crippen LogP contribution in [0.25, 0.3) is 10.9 Å². The fourth-order valence-corrected chi connectivity index (χ4v) is 2.66. The number of rotatable bonds is 5. The number of nitrogens with one attached hydrogen (secondary N) is 2. The van der Waals surface area contributed by atoms with E-state index in [1.807, 2.05) is 0 Å². The average Bonchev–Trinajstić information content (AvgIpc) is 2.89. The monoisotopic (exact) mass is 363 g/mol. The Hall–Kier alpha value is -1.29. The zero-order chi connectivity index (χ0) is 13.8. The topological polar surface area (TPSA) is 27.8 Å². The maximum absolute atomic E-state index is 3.49. The summed E-state index contributed by atoms with van der Waals surface area (Å²) in [5.74, 6) is 0. The van der Waals surface area contributed by atoms with Crippen molar-refractivity contribution in [2.24, 2.45) is 0 Å². The van der Waals surface area contributed by atoms with Crippen molar-refractivity contribution in [2.75, 3.05) is 6.54 Å². The lowest BCUT2D eigenvalue weighted by atomic mass is 10.1. The standard InChI is InChI=1S/C17H17BrN2.ClH/c18-15-7-5-13(6-8-15)11-19-10-9-14-12-20-17-4-2-1-3-16(14)17;/h1-8,12,19-20H,9-11H2;1H/p-1. The largest absolute Gasteiger partial charge is 1.00 e. The van der Waals surface area contributed by atoms with Crippen LogP contribution in [0.4, 0.5) is 0 Å². The minimum atomic E-state index is 0. The van der Waals surface area contributed by atoms with Crippen LogP contribution in [-0.2, 0) is 13.0 Å². The molecular weight excluding hydrogens is 348 g/mol. The fourth-order valence-electron chi connectivity index (χ4n) is 2.40. The van der Waals surface area contributed by atoms with E-state index in [9.17, 15) is 0 Å². The third-order valence-corrected chi connectivity index (χ3v) is 4.02. The van der Waals surface area contributed by atoms with Gasteiger partial charge in [-0.25, -0.2) is 0 Å². The summed E-state index contributed by atoms with van der Waals surface area (Å²) in [5, 5.41) is 4.83. The van der Waals surface area contributed by atoms with Crippen LogP contribution in [0.2, 0.25) is 0 Å². The lowest BCUT2D eigenvalue weighted by Gasteiger charge is -2.05. The van der Waals surface area contributed by atoms with Gasteiger partial charge in [-0.3, -0.25) is 0 Å². The second kappa shape index (κ2) is 7.64. The van der Waals surface area contributed by atoms with Crippen LogP contribution in [-0.4, -0.2) is 11.5 Å². The fraction of sp³-hybridized carbons (Fsp3) is 0.176. The number of halogens is 2. The Morgan fingerprint density at radius 1 is 1.00 bits per heavy atom. The van der Waals surface area contributed by atoms with E-state index < -0.39 is 0 Å². The highest BCUT2D eigenvalue weighted by atomic mass is 79.9. The Balaban J connectivity index is 0.00000161. The molecule has 0 amide bonds. The number of aromatic nitrogens is 1. The van der Waals surface area contributed by atoms with Gasteiger partial charge < -0.3 is 22.7 Å². The number of fused-ring (bicyclic) bond motifs is 1. The minimum Gasteiger partial charge on any atom is -1.00 e. The Kier molecular flexibility index (Phi) is 5.85. The quantitative estimate of drug-likeness (QED) is 0.656. The molecule has 21 heavy (non-hydrogen) atoms.